The van der Waals surface area contributed by atoms with E-state index < -0.39 is 0 Å². The van der Waals surface area contributed by atoms with Crippen molar-refractivity contribution in [3.63, 3.8) is 0 Å². The van der Waals surface area contributed by atoms with E-state index >= 15 is 0 Å². The average molecular weight is 264 g/mol. The SMILES string of the molecule is NC1=NCC2(CCCCC2)N1c1ccccc1Cl. The predicted molar refractivity (Wildman–Crippen MR) is 76.2 cm³/mol. The maximum atomic E-state index is 6.32. The summed E-state index contributed by atoms with van der Waals surface area (Å²) in [5.41, 5.74) is 7.18. The highest BCUT2D eigenvalue weighted by Gasteiger charge is 2.44. The molecule has 3 rings (SSSR count). The van der Waals surface area contributed by atoms with E-state index in [2.05, 4.69) is 9.89 Å². The van der Waals surface area contributed by atoms with Crippen LogP contribution in [0.4, 0.5) is 5.69 Å². The molecule has 0 bridgehead atoms. The van der Waals surface area contributed by atoms with Crippen LogP contribution in [0, 0.1) is 0 Å². The van der Waals surface area contributed by atoms with E-state index in [1.54, 1.807) is 0 Å². The smallest absolute Gasteiger partial charge is 0.196 e. The van der Waals surface area contributed by atoms with Gasteiger partial charge in [0.2, 0.25) is 0 Å². The van der Waals surface area contributed by atoms with E-state index in [1.165, 1.54) is 19.3 Å². The molecular formula is C14H18ClN3. The van der Waals surface area contributed by atoms with Gasteiger partial charge in [0.15, 0.2) is 5.96 Å². The molecule has 1 aliphatic carbocycles. The molecule has 96 valence electrons. The molecule has 2 N–H and O–H groups in total. The van der Waals surface area contributed by atoms with E-state index in [4.69, 9.17) is 17.3 Å². The topological polar surface area (TPSA) is 41.6 Å². The Labute approximate surface area is 113 Å². The van der Waals surface area contributed by atoms with Crippen molar-refractivity contribution in [2.75, 3.05) is 11.4 Å². The van der Waals surface area contributed by atoms with Gasteiger partial charge in [0, 0.05) is 0 Å². The number of rotatable bonds is 1. The number of para-hydroxylation sites is 1. The van der Waals surface area contributed by atoms with Gasteiger partial charge in [-0.15, -0.1) is 0 Å². The molecule has 0 radical (unpaired) electrons. The predicted octanol–water partition coefficient (Wildman–Crippen LogP) is 3.18. The first kappa shape index (κ1) is 11.8. The van der Waals surface area contributed by atoms with E-state index in [-0.39, 0.29) is 5.54 Å². The van der Waals surface area contributed by atoms with Crippen LogP contribution in [0.2, 0.25) is 5.02 Å². The molecule has 1 heterocycles. The standard InChI is InChI=1S/C14H18ClN3/c15-11-6-2-3-7-12(11)18-13(16)17-10-14(18)8-4-1-5-9-14/h2-3,6-7H,1,4-5,8-10H2,(H2,16,17). The Morgan fingerprint density at radius 3 is 2.61 bits per heavy atom. The number of nitrogens with zero attached hydrogens (tertiary/aromatic N) is 2. The lowest BCUT2D eigenvalue weighted by Gasteiger charge is -2.42. The summed E-state index contributed by atoms with van der Waals surface area (Å²) in [6.07, 6.45) is 6.14. The van der Waals surface area contributed by atoms with E-state index in [0.717, 1.165) is 30.1 Å². The van der Waals surface area contributed by atoms with Gasteiger partial charge in [-0.1, -0.05) is 43.0 Å². The van der Waals surface area contributed by atoms with Gasteiger partial charge >= 0.3 is 0 Å². The summed E-state index contributed by atoms with van der Waals surface area (Å²) >= 11 is 6.32. The zero-order chi connectivity index (χ0) is 12.6. The van der Waals surface area contributed by atoms with Crippen LogP contribution in [-0.4, -0.2) is 18.0 Å². The molecule has 1 fully saturated rings. The monoisotopic (exact) mass is 263 g/mol. The zero-order valence-electron chi connectivity index (χ0n) is 10.4. The van der Waals surface area contributed by atoms with Crippen LogP contribution < -0.4 is 10.6 Å². The number of halogens is 1. The zero-order valence-corrected chi connectivity index (χ0v) is 11.2. The molecule has 1 saturated carbocycles. The fourth-order valence-electron chi connectivity index (χ4n) is 3.22. The van der Waals surface area contributed by atoms with Crippen molar-refractivity contribution < 1.29 is 0 Å². The number of guanidine groups is 1. The number of nitrogens with two attached hydrogens (primary N) is 1. The van der Waals surface area contributed by atoms with Gasteiger partial charge < -0.3 is 10.6 Å². The second-order valence-electron chi connectivity index (χ2n) is 5.25. The van der Waals surface area contributed by atoms with Gasteiger partial charge in [0.25, 0.3) is 0 Å². The summed E-state index contributed by atoms with van der Waals surface area (Å²) in [6, 6.07) is 7.90. The van der Waals surface area contributed by atoms with E-state index in [0.29, 0.717) is 5.96 Å². The van der Waals surface area contributed by atoms with Gasteiger partial charge in [-0.3, -0.25) is 4.99 Å². The van der Waals surface area contributed by atoms with Crippen molar-refractivity contribution in [3.8, 4) is 0 Å². The fraction of sp³-hybridized carbons (Fsp3) is 0.500. The molecule has 0 atom stereocenters. The molecule has 2 aliphatic rings. The largest absolute Gasteiger partial charge is 0.369 e. The molecule has 1 aromatic rings. The number of hydrogen-bond donors (Lipinski definition) is 1. The molecule has 1 aliphatic heterocycles. The summed E-state index contributed by atoms with van der Waals surface area (Å²) in [7, 11) is 0. The molecule has 3 nitrogen and oxygen atoms in total. The molecule has 4 heteroatoms. The van der Waals surface area contributed by atoms with Crippen LogP contribution in [0.5, 0.6) is 0 Å². The lowest BCUT2D eigenvalue weighted by atomic mass is 9.80. The lowest BCUT2D eigenvalue weighted by Crippen LogP contribution is -2.53. The normalized spacial score (nSPS) is 22.3. The maximum Gasteiger partial charge on any atom is 0.196 e. The van der Waals surface area contributed by atoms with E-state index in [1.807, 2.05) is 24.3 Å². The van der Waals surface area contributed by atoms with Crippen LogP contribution in [0.3, 0.4) is 0 Å². The Balaban J connectivity index is 2.01. The second-order valence-corrected chi connectivity index (χ2v) is 5.65. The third-order valence-electron chi connectivity index (χ3n) is 4.12. The van der Waals surface area contributed by atoms with E-state index in [9.17, 15) is 0 Å². The highest BCUT2D eigenvalue weighted by molar-refractivity contribution is 6.34. The highest BCUT2D eigenvalue weighted by atomic mass is 35.5. The van der Waals surface area contributed by atoms with Crippen LogP contribution >= 0.6 is 11.6 Å². The Hall–Kier alpha value is -1.22. The molecular weight excluding hydrogens is 246 g/mol. The summed E-state index contributed by atoms with van der Waals surface area (Å²) in [5, 5.41) is 0.752. The molecule has 1 aromatic carbocycles. The van der Waals surface area contributed by atoms with Gasteiger partial charge in [0.1, 0.15) is 0 Å². The Morgan fingerprint density at radius 1 is 1.17 bits per heavy atom. The Morgan fingerprint density at radius 2 is 1.89 bits per heavy atom. The van der Waals surface area contributed by atoms with Crippen molar-refractivity contribution >= 4 is 23.2 Å². The van der Waals surface area contributed by atoms with Gasteiger partial charge in [-0.05, 0) is 25.0 Å². The Bertz CT molecular complexity index is 478. The van der Waals surface area contributed by atoms with Crippen LogP contribution in [0.25, 0.3) is 0 Å². The summed E-state index contributed by atoms with van der Waals surface area (Å²) < 4.78 is 0. The van der Waals surface area contributed by atoms with Crippen LogP contribution in [0.15, 0.2) is 29.3 Å². The quantitative estimate of drug-likeness (QED) is 0.846. The van der Waals surface area contributed by atoms with Crippen molar-refractivity contribution in [2.45, 2.75) is 37.6 Å². The van der Waals surface area contributed by atoms with Gasteiger partial charge in [0.05, 0.1) is 22.8 Å². The maximum absolute atomic E-state index is 6.32. The van der Waals surface area contributed by atoms with Crippen LogP contribution in [0.1, 0.15) is 32.1 Å². The summed E-state index contributed by atoms with van der Waals surface area (Å²) in [5.74, 6) is 0.616. The Kier molecular flexibility index (Phi) is 2.94. The lowest BCUT2D eigenvalue weighted by molar-refractivity contribution is 0.317. The first-order valence-corrected chi connectivity index (χ1v) is 6.95. The number of benzene rings is 1. The summed E-state index contributed by atoms with van der Waals surface area (Å²) in [6.45, 7) is 0.810. The first-order chi connectivity index (χ1) is 8.73. The third kappa shape index (κ3) is 1.77. The minimum Gasteiger partial charge on any atom is -0.369 e. The first-order valence-electron chi connectivity index (χ1n) is 6.58. The van der Waals surface area contributed by atoms with Crippen molar-refractivity contribution in [3.05, 3.63) is 29.3 Å². The van der Waals surface area contributed by atoms with Crippen molar-refractivity contribution in [1.82, 2.24) is 0 Å². The fourth-order valence-corrected chi connectivity index (χ4v) is 3.44. The highest BCUT2D eigenvalue weighted by Crippen LogP contribution is 2.41. The third-order valence-corrected chi connectivity index (χ3v) is 4.44. The van der Waals surface area contributed by atoms with Crippen LogP contribution in [-0.2, 0) is 0 Å². The van der Waals surface area contributed by atoms with Crippen molar-refractivity contribution in [2.24, 2.45) is 10.7 Å². The summed E-state index contributed by atoms with van der Waals surface area (Å²) in [4.78, 5) is 6.65. The minimum absolute atomic E-state index is 0.0767. The average Bonchev–Trinajstić information content (AvgIpc) is 2.69. The molecule has 0 amide bonds. The van der Waals surface area contributed by atoms with Gasteiger partial charge in [-0.25, -0.2) is 0 Å². The number of aliphatic imine (C=N–C) groups is 1. The molecule has 1 spiro atoms. The molecule has 18 heavy (non-hydrogen) atoms. The number of anilines is 1. The second kappa shape index (κ2) is 4.47. The van der Waals surface area contributed by atoms with Crippen molar-refractivity contribution in [1.29, 1.82) is 0 Å². The minimum atomic E-state index is 0.0767. The molecule has 0 unspecified atom stereocenters. The molecule has 0 saturated heterocycles. The number of hydrogen-bond acceptors (Lipinski definition) is 3. The molecule has 0 aromatic heterocycles. The van der Waals surface area contributed by atoms with Gasteiger partial charge in [-0.2, -0.15) is 0 Å².